The van der Waals surface area contributed by atoms with E-state index in [1.54, 1.807) is 16.4 Å². The first-order chi connectivity index (χ1) is 14.5. The van der Waals surface area contributed by atoms with Gasteiger partial charge in [-0.1, -0.05) is 17.7 Å². The van der Waals surface area contributed by atoms with Crippen molar-refractivity contribution in [3.8, 4) is 0 Å². The summed E-state index contributed by atoms with van der Waals surface area (Å²) < 4.78 is 45.3. The third kappa shape index (κ3) is 4.91. The van der Waals surface area contributed by atoms with Crippen LogP contribution in [0.5, 0.6) is 0 Å². The number of rotatable bonds is 7. The monoisotopic (exact) mass is 437 g/mol. The van der Waals surface area contributed by atoms with Crippen molar-refractivity contribution in [3.05, 3.63) is 29.8 Å². The van der Waals surface area contributed by atoms with Crippen molar-refractivity contribution in [2.75, 3.05) is 46.1 Å². The molecular formula is C23H35NO5S. The maximum Gasteiger partial charge on any atom is 0.243 e. The minimum absolute atomic E-state index is 0.179. The summed E-state index contributed by atoms with van der Waals surface area (Å²) in [5.41, 5.74) is 0.884. The van der Waals surface area contributed by atoms with E-state index in [9.17, 15) is 8.42 Å². The van der Waals surface area contributed by atoms with E-state index in [1.807, 2.05) is 19.1 Å². The van der Waals surface area contributed by atoms with Gasteiger partial charge in [0.1, 0.15) is 0 Å². The summed E-state index contributed by atoms with van der Waals surface area (Å²) in [5, 5.41) is 0. The van der Waals surface area contributed by atoms with E-state index >= 15 is 0 Å². The molecule has 168 valence electrons. The highest BCUT2D eigenvalue weighted by molar-refractivity contribution is 7.89. The van der Waals surface area contributed by atoms with Crippen LogP contribution in [0.2, 0.25) is 0 Å². The van der Waals surface area contributed by atoms with Gasteiger partial charge in [0.2, 0.25) is 10.0 Å². The molecule has 3 heterocycles. The molecule has 3 saturated heterocycles. The largest absolute Gasteiger partial charge is 0.381 e. The van der Waals surface area contributed by atoms with E-state index in [-0.39, 0.29) is 5.60 Å². The minimum atomic E-state index is -3.43. The lowest BCUT2D eigenvalue weighted by Gasteiger charge is -2.41. The zero-order valence-electron chi connectivity index (χ0n) is 18.1. The van der Waals surface area contributed by atoms with Crippen LogP contribution in [0.4, 0.5) is 0 Å². The third-order valence-electron chi connectivity index (χ3n) is 7.13. The van der Waals surface area contributed by atoms with Crippen LogP contribution >= 0.6 is 0 Å². The number of nitrogens with zero attached hydrogens (tertiary/aromatic N) is 1. The average molecular weight is 438 g/mol. The summed E-state index contributed by atoms with van der Waals surface area (Å²) in [7, 11) is -3.43. The van der Waals surface area contributed by atoms with Gasteiger partial charge in [-0.25, -0.2) is 8.42 Å². The van der Waals surface area contributed by atoms with E-state index < -0.39 is 10.0 Å². The second-order valence-electron chi connectivity index (χ2n) is 9.04. The zero-order valence-corrected chi connectivity index (χ0v) is 18.9. The van der Waals surface area contributed by atoms with Crippen LogP contribution in [-0.2, 0) is 24.2 Å². The van der Waals surface area contributed by atoms with Crippen molar-refractivity contribution in [1.82, 2.24) is 4.31 Å². The maximum absolute atomic E-state index is 13.0. The summed E-state index contributed by atoms with van der Waals surface area (Å²) in [6.45, 7) is 7.09. The van der Waals surface area contributed by atoms with E-state index in [0.717, 1.165) is 77.1 Å². The zero-order chi connectivity index (χ0) is 21.0. The molecule has 3 fully saturated rings. The highest BCUT2D eigenvalue weighted by Gasteiger charge is 2.47. The Kier molecular flexibility index (Phi) is 7.15. The average Bonchev–Trinajstić information content (AvgIpc) is 3.14. The number of aryl methyl sites for hydroxylation is 1. The molecule has 6 nitrogen and oxygen atoms in total. The molecule has 1 aromatic rings. The highest BCUT2D eigenvalue weighted by atomic mass is 32.2. The van der Waals surface area contributed by atoms with Crippen molar-refractivity contribution in [3.63, 3.8) is 0 Å². The molecule has 1 aromatic carbocycles. The summed E-state index contributed by atoms with van der Waals surface area (Å²) in [6.07, 6.45) is 5.77. The second kappa shape index (κ2) is 9.65. The number of hydrogen-bond acceptors (Lipinski definition) is 5. The summed E-state index contributed by atoms with van der Waals surface area (Å²) in [5.74, 6) is 1.08. The van der Waals surface area contributed by atoms with Crippen molar-refractivity contribution in [1.29, 1.82) is 0 Å². The van der Waals surface area contributed by atoms with Gasteiger partial charge in [0, 0.05) is 46.1 Å². The van der Waals surface area contributed by atoms with Crippen molar-refractivity contribution in [2.24, 2.45) is 11.8 Å². The standard InChI is InChI=1S/C23H35NO5S/c1-19-2-4-22(5-3-19)30(25,26)24-12-10-23(11-13-24)21(9-17-29-23)8-16-28-18-20-6-14-27-15-7-20/h2-5,20-21H,6-18H2,1H3/t21-/m0/s1. The van der Waals surface area contributed by atoms with Gasteiger partial charge in [-0.2, -0.15) is 4.31 Å². The molecule has 1 spiro atoms. The molecule has 7 heteroatoms. The lowest BCUT2D eigenvalue weighted by Crippen LogP contribution is -2.49. The Balaban J connectivity index is 1.28. The Morgan fingerprint density at radius 1 is 1.07 bits per heavy atom. The Labute approximate surface area is 180 Å². The van der Waals surface area contributed by atoms with Crippen molar-refractivity contribution in [2.45, 2.75) is 55.9 Å². The Morgan fingerprint density at radius 2 is 1.77 bits per heavy atom. The SMILES string of the molecule is Cc1ccc(S(=O)(=O)N2CCC3(CC2)OCC[C@@H]3CCOCC2CCOCC2)cc1. The van der Waals surface area contributed by atoms with Gasteiger partial charge in [0.15, 0.2) is 0 Å². The van der Waals surface area contributed by atoms with Crippen LogP contribution in [-0.4, -0.2) is 64.4 Å². The van der Waals surface area contributed by atoms with Crippen LogP contribution in [0.15, 0.2) is 29.2 Å². The first-order valence-corrected chi connectivity index (χ1v) is 12.8. The molecular weight excluding hydrogens is 402 g/mol. The Morgan fingerprint density at radius 3 is 2.47 bits per heavy atom. The lowest BCUT2D eigenvalue weighted by atomic mass is 9.78. The molecule has 0 aliphatic carbocycles. The number of sulfonamides is 1. The number of benzene rings is 1. The number of ether oxygens (including phenoxy) is 3. The Bertz CT molecular complexity index is 780. The fourth-order valence-corrected chi connectivity index (χ4v) is 6.54. The lowest BCUT2D eigenvalue weighted by molar-refractivity contribution is -0.0629. The van der Waals surface area contributed by atoms with Crippen LogP contribution in [0, 0.1) is 18.8 Å². The van der Waals surface area contributed by atoms with Crippen molar-refractivity contribution < 1.29 is 22.6 Å². The second-order valence-corrected chi connectivity index (χ2v) is 11.0. The van der Waals surface area contributed by atoms with Crippen LogP contribution in [0.1, 0.15) is 44.1 Å². The van der Waals surface area contributed by atoms with Gasteiger partial charge in [-0.3, -0.25) is 0 Å². The molecule has 0 unspecified atom stereocenters. The molecule has 1 atom stereocenters. The van der Waals surface area contributed by atoms with E-state index in [2.05, 4.69) is 0 Å². The smallest absolute Gasteiger partial charge is 0.243 e. The molecule has 0 amide bonds. The van der Waals surface area contributed by atoms with E-state index in [4.69, 9.17) is 14.2 Å². The number of piperidine rings is 1. The van der Waals surface area contributed by atoms with Gasteiger partial charge < -0.3 is 14.2 Å². The molecule has 3 aliphatic rings. The summed E-state index contributed by atoms with van der Waals surface area (Å²) >= 11 is 0. The summed E-state index contributed by atoms with van der Waals surface area (Å²) in [4.78, 5) is 0.384. The maximum atomic E-state index is 13.0. The normalized spacial score (nSPS) is 25.7. The Hall–Kier alpha value is -0.990. The summed E-state index contributed by atoms with van der Waals surface area (Å²) in [6, 6.07) is 7.13. The topological polar surface area (TPSA) is 65.1 Å². The van der Waals surface area contributed by atoms with Crippen LogP contribution in [0.3, 0.4) is 0 Å². The molecule has 30 heavy (non-hydrogen) atoms. The third-order valence-corrected chi connectivity index (χ3v) is 9.05. The van der Waals surface area contributed by atoms with E-state index in [1.165, 1.54) is 0 Å². The van der Waals surface area contributed by atoms with E-state index in [0.29, 0.717) is 29.8 Å². The van der Waals surface area contributed by atoms with Gasteiger partial charge in [0.25, 0.3) is 0 Å². The molecule has 0 N–H and O–H groups in total. The minimum Gasteiger partial charge on any atom is -0.381 e. The molecule has 0 bridgehead atoms. The highest BCUT2D eigenvalue weighted by Crippen LogP contribution is 2.43. The molecule has 0 saturated carbocycles. The van der Waals surface area contributed by atoms with Crippen LogP contribution in [0.25, 0.3) is 0 Å². The molecule has 4 rings (SSSR count). The predicted octanol–water partition coefficient (Wildman–Crippen LogP) is 3.39. The predicted molar refractivity (Wildman–Crippen MR) is 115 cm³/mol. The molecule has 3 aliphatic heterocycles. The van der Waals surface area contributed by atoms with Crippen molar-refractivity contribution >= 4 is 10.0 Å². The quantitative estimate of drug-likeness (QED) is 0.612. The molecule has 0 aromatic heterocycles. The first kappa shape index (κ1) is 22.2. The number of hydrogen-bond donors (Lipinski definition) is 0. The fraction of sp³-hybridized carbons (Fsp3) is 0.739. The van der Waals surface area contributed by atoms with Gasteiger partial charge in [-0.15, -0.1) is 0 Å². The molecule has 0 radical (unpaired) electrons. The van der Waals surface area contributed by atoms with Gasteiger partial charge >= 0.3 is 0 Å². The van der Waals surface area contributed by atoms with Crippen LogP contribution < -0.4 is 0 Å². The van der Waals surface area contributed by atoms with Gasteiger partial charge in [0.05, 0.1) is 10.5 Å². The van der Waals surface area contributed by atoms with Gasteiger partial charge in [-0.05, 0) is 69.4 Å². The first-order valence-electron chi connectivity index (χ1n) is 11.4. The fourth-order valence-electron chi connectivity index (χ4n) is 5.10.